The predicted molar refractivity (Wildman–Crippen MR) is 97.6 cm³/mol. The molecule has 0 saturated carbocycles. The minimum Gasteiger partial charge on any atom is -0.453 e. The summed E-state index contributed by atoms with van der Waals surface area (Å²) in [5.74, 6) is 0.401. The number of amides is 1. The van der Waals surface area contributed by atoms with Crippen molar-refractivity contribution in [3.05, 3.63) is 35.6 Å². The number of rotatable bonds is 5. The first-order valence-corrected chi connectivity index (χ1v) is 8.65. The molecule has 26 heavy (non-hydrogen) atoms. The van der Waals surface area contributed by atoms with E-state index in [4.69, 9.17) is 9.47 Å². The number of carbonyl (C=O) groups excluding carboxylic acids is 1. The molecule has 1 saturated heterocycles. The van der Waals surface area contributed by atoms with Crippen LogP contribution in [0, 0.1) is 5.82 Å². The number of nitrogens with zero attached hydrogens (tertiary/aromatic N) is 2. The van der Waals surface area contributed by atoms with Gasteiger partial charge in [0.2, 0.25) is 0 Å². The molecule has 7 nitrogen and oxygen atoms in total. The highest BCUT2D eigenvalue weighted by Gasteiger charge is 2.23. The molecule has 1 heterocycles. The van der Waals surface area contributed by atoms with Crippen LogP contribution < -0.4 is 10.6 Å². The highest BCUT2D eigenvalue weighted by atomic mass is 19.1. The van der Waals surface area contributed by atoms with Gasteiger partial charge in [-0.3, -0.25) is 4.99 Å². The van der Waals surface area contributed by atoms with E-state index in [1.54, 1.807) is 31.2 Å². The van der Waals surface area contributed by atoms with E-state index in [0.717, 1.165) is 18.4 Å². The second kappa shape index (κ2) is 9.96. The molecule has 1 aliphatic rings. The van der Waals surface area contributed by atoms with Crippen molar-refractivity contribution < 1.29 is 18.7 Å². The minimum atomic E-state index is -0.284. The summed E-state index contributed by atoms with van der Waals surface area (Å²) in [6.45, 7) is 1.80. The Morgan fingerprint density at radius 3 is 2.50 bits per heavy atom. The first-order chi connectivity index (χ1) is 12.6. The third-order valence-corrected chi connectivity index (χ3v) is 4.47. The van der Waals surface area contributed by atoms with Gasteiger partial charge in [-0.05, 0) is 30.5 Å². The maximum absolute atomic E-state index is 13.1. The molecular weight excluding hydrogens is 339 g/mol. The molecule has 1 aromatic rings. The predicted octanol–water partition coefficient (Wildman–Crippen LogP) is 1.91. The van der Waals surface area contributed by atoms with Gasteiger partial charge in [0.1, 0.15) is 5.82 Å². The average molecular weight is 366 g/mol. The maximum atomic E-state index is 13.1. The standard InChI is InChI=1S/C18H27FN4O3/c1-20-17(22-15-8-10-23(11-9-15)18(24)26-3)21-12-16(25-2)13-4-6-14(19)7-5-13/h4-7,15-16H,8-12H2,1-3H3,(H2,20,21,22). The number of halogens is 1. The van der Waals surface area contributed by atoms with Gasteiger partial charge in [-0.1, -0.05) is 12.1 Å². The lowest BCUT2D eigenvalue weighted by molar-refractivity contribution is 0.105. The lowest BCUT2D eigenvalue weighted by Crippen LogP contribution is -2.50. The zero-order chi connectivity index (χ0) is 18.9. The first kappa shape index (κ1) is 20.0. The zero-order valence-corrected chi connectivity index (χ0v) is 15.5. The van der Waals surface area contributed by atoms with Gasteiger partial charge >= 0.3 is 6.09 Å². The Kier molecular flexibility index (Phi) is 7.65. The van der Waals surface area contributed by atoms with Crippen LogP contribution in [0.1, 0.15) is 24.5 Å². The number of aliphatic imine (C=N–C) groups is 1. The Hall–Kier alpha value is -2.35. The number of ether oxygens (including phenoxy) is 2. The van der Waals surface area contributed by atoms with E-state index < -0.39 is 0 Å². The van der Waals surface area contributed by atoms with Crippen LogP contribution >= 0.6 is 0 Å². The van der Waals surface area contributed by atoms with E-state index in [0.29, 0.717) is 25.6 Å². The molecule has 0 bridgehead atoms. The van der Waals surface area contributed by atoms with Crippen LogP contribution in [-0.2, 0) is 9.47 Å². The van der Waals surface area contributed by atoms with E-state index in [9.17, 15) is 9.18 Å². The second-order valence-corrected chi connectivity index (χ2v) is 6.10. The first-order valence-electron chi connectivity index (χ1n) is 8.65. The molecule has 0 aliphatic carbocycles. The fraction of sp³-hybridized carbons (Fsp3) is 0.556. The quantitative estimate of drug-likeness (QED) is 0.615. The van der Waals surface area contributed by atoms with Gasteiger partial charge in [0.05, 0.1) is 13.2 Å². The maximum Gasteiger partial charge on any atom is 0.409 e. The van der Waals surface area contributed by atoms with Crippen LogP contribution in [0.15, 0.2) is 29.3 Å². The third kappa shape index (κ3) is 5.59. The van der Waals surface area contributed by atoms with E-state index in [2.05, 4.69) is 15.6 Å². The highest BCUT2D eigenvalue weighted by molar-refractivity contribution is 5.80. The van der Waals surface area contributed by atoms with Crippen molar-refractivity contribution in [2.75, 3.05) is 40.9 Å². The van der Waals surface area contributed by atoms with E-state index in [1.807, 2.05) is 0 Å². The van der Waals surface area contributed by atoms with Crippen LogP contribution in [0.25, 0.3) is 0 Å². The van der Waals surface area contributed by atoms with Crippen LogP contribution in [0.4, 0.5) is 9.18 Å². The Labute approximate surface area is 153 Å². The van der Waals surface area contributed by atoms with Crippen molar-refractivity contribution in [1.29, 1.82) is 0 Å². The summed E-state index contributed by atoms with van der Waals surface area (Å²) in [5.41, 5.74) is 0.892. The number of hydrogen-bond donors (Lipinski definition) is 2. The lowest BCUT2D eigenvalue weighted by Gasteiger charge is -2.32. The summed E-state index contributed by atoms with van der Waals surface area (Å²) in [4.78, 5) is 17.5. The van der Waals surface area contributed by atoms with Gasteiger partial charge in [-0.2, -0.15) is 0 Å². The molecular formula is C18H27FN4O3. The van der Waals surface area contributed by atoms with Crippen LogP contribution in [-0.4, -0.2) is 63.9 Å². The number of hydrogen-bond acceptors (Lipinski definition) is 4. The zero-order valence-electron chi connectivity index (χ0n) is 15.5. The highest BCUT2D eigenvalue weighted by Crippen LogP contribution is 2.16. The fourth-order valence-electron chi connectivity index (χ4n) is 2.93. The summed E-state index contributed by atoms with van der Waals surface area (Å²) >= 11 is 0. The van der Waals surface area contributed by atoms with Gasteiger partial charge in [-0.15, -0.1) is 0 Å². The van der Waals surface area contributed by atoms with Crippen LogP contribution in [0.5, 0.6) is 0 Å². The summed E-state index contributed by atoms with van der Waals surface area (Å²) in [7, 11) is 4.72. The van der Waals surface area contributed by atoms with Gasteiger partial charge in [0.25, 0.3) is 0 Å². The van der Waals surface area contributed by atoms with E-state index in [1.165, 1.54) is 19.2 Å². The molecule has 1 atom stereocenters. The molecule has 0 radical (unpaired) electrons. The Bertz CT molecular complexity index is 601. The molecule has 2 rings (SSSR count). The summed E-state index contributed by atoms with van der Waals surface area (Å²) in [6, 6.07) is 6.50. The fourth-order valence-corrected chi connectivity index (χ4v) is 2.93. The van der Waals surface area contributed by atoms with Gasteiger partial charge in [-0.25, -0.2) is 9.18 Å². The molecule has 0 spiro atoms. The van der Waals surface area contributed by atoms with Gasteiger partial charge in [0.15, 0.2) is 5.96 Å². The number of benzene rings is 1. The third-order valence-electron chi connectivity index (χ3n) is 4.47. The average Bonchev–Trinajstić information content (AvgIpc) is 2.68. The molecule has 2 N–H and O–H groups in total. The number of piperidine rings is 1. The Morgan fingerprint density at radius 2 is 1.96 bits per heavy atom. The van der Waals surface area contributed by atoms with Gasteiger partial charge in [0, 0.05) is 39.8 Å². The van der Waals surface area contributed by atoms with Crippen molar-refractivity contribution in [2.24, 2.45) is 4.99 Å². The number of carbonyl (C=O) groups is 1. The number of nitrogens with one attached hydrogen (secondary N) is 2. The van der Waals surface area contributed by atoms with Crippen LogP contribution in [0.2, 0.25) is 0 Å². The summed E-state index contributed by atoms with van der Waals surface area (Å²) in [5, 5.41) is 6.61. The van der Waals surface area contributed by atoms with Crippen molar-refractivity contribution in [3.8, 4) is 0 Å². The van der Waals surface area contributed by atoms with Crippen molar-refractivity contribution in [1.82, 2.24) is 15.5 Å². The molecule has 1 aromatic carbocycles. The van der Waals surface area contributed by atoms with E-state index in [-0.39, 0.29) is 24.1 Å². The molecule has 1 unspecified atom stereocenters. The van der Waals surface area contributed by atoms with Crippen LogP contribution in [0.3, 0.4) is 0 Å². The molecule has 1 fully saturated rings. The lowest BCUT2D eigenvalue weighted by atomic mass is 10.1. The normalized spacial score (nSPS) is 16.9. The molecule has 8 heteroatoms. The van der Waals surface area contributed by atoms with Crippen molar-refractivity contribution in [3.63, 3.8) is 0 Å². The monoisotopic (exact) mass is 366 g/mol. The smallest absolute Gasteiger partial charge is 0.409 e. The number of methoxy groups -OCH3 is 2. The molecule has 0 aromatic heterocycles. The van der Waals surface area contributed by atoms with Crippen molar-refractivity contribution >= 4 is 12.1 Å². The summed E-state index contributed by atoms with van der Waals surface area (Å²) in [6.07, 6.45) is 1.15. The Morgan fingerprint density at radius 1 is 1.31 bits per heavy atom. The molecule has 1 aliphatic heterocycles. The minimum absolute atomic E-state index is 0.213. The topological polar surface area (TPSA) is 75.2 Å². The second-order valence-electron chi connectivity index (χ2n) is 6.10. The Balaban J connectivity index is 1.82. The van der Waals surface area contributed by atoms with Gasteiger partial charge < -0.3 is 25.0 Å². The largest absolute Gasteiger partial charge is 0.453 e. The van der Waals surface area contributed by atoms with E-state index >= 15 is 0 Å². The molecule has 1 amide bonds. The number of guanidine groups is 1. The SMILES string of the molecule is CN=C(NCC(OC)c1ccc(F)cc1)NC1CCN(C(=O)OC)CC1. The summed E-state index contributed by atoms with van der Waals surface area (Å²) < 4.78 is 23.3. The van der Waals surface area contributed by atoms with Crippen molar-refractivity contribution in [2.45, 2.75) is 25.0 Å². The molecule has 144 valence electrons. The number of likely N-dealkylation sites (tertiary alicyclic amines) is 1.